The molecule has 1 heterocycles. The van der Waals surface area contributed by atoms with Crippen LogP contribution >= 0.6 is 0 Å². The van der Waals surface area contributed by atoms with Crippen molar-refractivity contribution in [1.82, 2.24) is 4.90 Å². The summed E-state index contributed by atoms with van der Waals surface area (Å²) in [6, 6.07) is 18.9. The maximum absolute atomic E-state index is 6.40. The van der Waals surface area contributed by atoms with E-state index < -0.39 is 0 Å². The lowest BCUT2D eigenvalue weighted by molar-refractivity contribution is 0.152. The molecule has 0 radical (unpaired) electrons. The van der Waals surface area contributed by atoms with Crippen molar-refractivity contribution in [2.75, 3.05) is 19.6 Å². The summed E-state index contributed by atoms with van der Waals surface area (Å²) in [4.78, 5) is 2.58. The van der Waals surface area contributed by atoms with E-state index in [0.717, 1.165) is 18.7 Å². The molecule has 0 amide bonds. The second kappa shape index (κ2) is 8.16. The minimum absolute atomic E-state index is 0.124. The van der Waals surface area contributed by atoms with E-state index >= 15 is 0 Å². The molecule has 0 N–H and O–H groups in total. The molecule has 1 fully saturated rings. The zero-order chi connectivity index (χ0) is 15.9. The Labute approximate surface area is 140 Å². The first-order chi connectivity index (χ1) is 11.3. The Bertz CT molecular complexity index is 590. The van der Waals surface area contributed by atoms with Crippen molar-refractivity contribution >= 4 is 0 Å². The number of benzene rings is 2. The molecule has 1 unspecified atom stereocenters. The van der Waals surface area contributed by atoms with Crippen molar-refractivity contribution in [2.24, 2.45) is 0 Å². The molecule has 0 bridgehead atoms. The zero-order valence-corrected chi connectivity index (χ0v) is 14.1. The molecule has 2 nitrogen and oxygen atoms in total. The third kappa shape index (κ3) is 4.59. The molecule has 122 valence electrons. The summed E-state index contributed by atoms with van der Waals surface area (Å²) in [6.07, 6.45) is 5.24. The third-order valence-corrected chi connectivity index (χ3v) is 4.69. The van der Waals surface area contributed by atoms with Gasteiger partial charge in [0.05, 0.1) is 0 Å². The summed E-state index contributed by atoms with van der Waals surface area (Å²) in [5.74, 6) is 1.000. The summed E-state index contributed by atoms with van der Waals surface area (Å²) in [5, 5.41) is 0. The van der Waals surface area contributed by atoms with Gasteiger partial charge in [-0.25, -0.2) is 0 Å². The number of aryl methyl sites for hydroxylation is 1. The fraction of sp³-hybridized carbons (Fsp3) is 0.429. The predicted octanol–water partition coefficient (Wildman–Crippen LogP) is 4.99. The first-order valence-corrected chi connectivity index (χ1v) is 8.82. The van der Waals surface area contributed by atoms with E-state index in [1.807, 2.05) is 0 Å². The molecule has 1 atom stereocenters. The van der Waals surface area contributed by atoms with E-state index in [1.165, 1.54) is 43.5 Å². The summed E-state index contributed by atoms with van der Waals surface area (Å²) < 4.78 is 6.40. The maximum Gasteiger partial charge on any atom is 0.125 e. The summed E-state index contributed by atoms with van der Waals surface area (Å²) in [5.41, 5.74) is 2.47. The summed E-state index contributed by atoms with van der Waals surface area (Å²) >= 11 is 0. The van der Waals surface area contributed by atoms with Gasteiger partial charge in [0.15, 0.2) is 0 Å². The van der Waals surface area contributed by atoms with Crippen LogP contribution in [0.25, 0.3) is 0 Å². The number of piperidine rings is 1. The third-order valence-electron chi connectivity index (χ3n) is 4.69. The average Bonchev–Trinajstić information content (AvgIpc) is 2.62. The molecule has 0 aliphatic carbocycles. The van der Waals surface area contributed by atoms with E-state index in [-0.39, 0.29) is 6.10 Å². The van der Waals surface area contributed by atoms with Crippen LogP contribution in [0.3, 0.4) is 0 Å². The fourth-order valence-corrected chi connectivity index (χ4v) is 3.29. The highest BCUT2D eigenvalue weighted by Crippen LogP contribution is 2.27. The topological polar surface area (TPSA) is 12.5 Å². The molecule has 3 rings (SSSR count). The van der Waals surface area contributed by atoms with Crippen LogP contribution in [-0.4, -0.2) is 24.5 Å². The SMILES string of the molecule is Cc1ccccc1OC(CCN1CCCCC1)c1ccccc1. The number of nitrogens with zero attached hydrogens (tertiary/aromatic N) is 1. The van der Waals surface area contributed by atoms with Crippen molar-refractivity contribution < 1.29 is 4.74 Å². The Balaban J connectivity index is 1.70. The zero-order valence-electron chi connectivity index (χ0n) is 14.1. The normalized spacial score (nSPS) is 16.9. The molecular weight excluding hydrogens is 282 g/mol. The quantitative estimate of drug-likeness (QED) is 0.745. The Morgan fingerprint density at radius 1 is 0.913 bits per heavy atom. The van der Waals surface area contributed by atoms with Crippen LogP contribution in [0.2, 0.25) is 0 Å². The minimum Gasteiger partial charge on any atom is -0.485 e. The fourth-order valence-electron chi connectivity index (χ4n) is 3.29. The number of hydrogen-bond donors (Lipinski definition) is 0. The molecule has 1 saturated heterocycles. The summed E-state index contributed by atoms with van der Waals surface area (Å²) in [6.45, 7) is 5.71. The highest BCUT2D eigenvalue weighted by molar-refractivity contribution is 5.33. The first-order valence-electron chi connectivity index (χ1n) is 8.82. The summed E-state index contributed by atoms with van der Waals surface area (Å²) in [7, 11) is 0. The van der Waals surface area contributed by atoms with Crippen LogP contribution in [0.1, 0.15) is 42.9 Å². The first kappa shape index (κ1) is 16.1. The van der Waals surface area contributed by atoms with Crippen LogP contribution < -0.4 is 4.74 Å². The van der Waals surface area contributed by atoms with Crippen molar-refractivity contribution in [1.29, 1.82) is 0 Å². The standard InChI is InChI=1S/C21H27NO/c1-18-10-6-7-13-20(18)23-21(19-11-4-2-5-12-19)14-17-22-15-8-3-9-16-22/h2,4-7,10-13,21H,3,8-9,14-17H2,1H3. The van der Waals surface area contributed by atoms with Gasteiger partial charge in [-0.3, -0.25) is 0 Å². The van der Waals surface area contributed by atoms with E-state index in [9.17, 15) is 0 Å². The van der Waals surface area contributed by atoms with E-state index in [0.29, 0.717) is 0 Å². The Morgan fingerprint density at radius 2 is 1.61 bits per heavy atom. The Hall–Kier alpha value is -1.80. The molecule has 2 heteroatoms. The van der Waals surface area contributed by atoms with Crippen molar-refractivity contribution in [3.8, 4) is 5.75 Å². The van der Waals surface area contributed by atoms with Gasteiger partial charge in [0, 0.05) is 13.0 Å². The number of para-hydroxylation sites is 1. The molecule has 0 spiro atoms. The molecule has 2 aromatic rings. The van der Waals surface area contributed by atoms with Gasteiger partial charge < -0.3 is 9.64 Å². The monoisotopic (exact) mass is 309 g/mol. The molecule has 0 saturated carbocycles. The van der Waals surface area contributed by atoms with Gasteiger partial charge in [0.1, 0.15) is 11.9 Å². The van der Waals surface area contributed by atoms with Crippen LogP contribution in [0.15, 0.2) is 54.6 Å². The van der Waals surface area contributed by atoms with Crippen LogP contribution in [-0.2, 0) is 0 Å². The smallest absolute Gasteiger partial charge is 0.125 e. The number of rotatable bonds is 6. The second-order valence-electron chi connectivity index (χ2n) is 6.47. The van der Waals surface area contributed by atoms with Crippen LogP contribution in [0, 0.1) is 6.92 Å². The molecular formula is C21H27NO. The minimum atomic E-state index is 0.124. The van der Waals surface area contributed by atoms with Gasteiger partial charge >= 0.3 is 0 Å². The van der Waals surface area contributed by atoms with Crippen molar-refractivity contribution in [3.05, 3.63) is 65.7 Å². The Kier molecular flexibility index (Phi) is 5.71. The lowest BCUT2D eigenvalue weighted by Gasteiger charge is -2.29. The van der Waals surface area contributed by atoms with Crippen LogP contribution in [0.5, 0.6) is 5.75 Å². The molecule has 2 aromatic carbocycles. The van der Waals surface area contributed by atoms with E-state index in [2.05, 4.69) is 66.4 Å². The number of hydrogen-bond acceptors (Lipinski definition) is 2. The Morgan fingerprint density at radius 3 is 2.35 bits per heavy atom. The lowest BCUT2D eigenvalue weighted by atomic mass is 10.0. The van der Waals surface area contributed by atoms with E-state index in [1.54, 1.807) is 0 Å². The molecule has 1 aliphatic rings. The van der Waals surface area contributed by atoms with Gasteiger partial charge in [-0.1, -0.05) is 55.0 Å². The van der Waals surface area contributed by atoms with E-state index in [4.69, 9.17) is 4.74 Å². The molecule has 1 aliphatic heterocycles. The number of likely N-dealkylation sites (tertiary alicyclic amines) is 1. The molecule has 23 heavy (non-hydrogen) atoms. The van der Waals surface area contributed by atoms with Gasteiger partial charge in [0.2, 0.25) is 0 Å². The van der Waals surface area contributed by atoms with Gasteiger partial charge in [-0.15, -0.1) is 0 Å². The van der Waals surface area contributed by atoms with Gasteiger partial charge in [-0.05, 0) is 50.0 Å². The maximum atomic E-state index is 6.40. The van der Waals surface area contributed by atoms with Gasteiger partial charge in [-0.2, -0.15) is 0 Å². The highest BCUT2D eigenvalue weighted by atomic mass is 16.5. The van der Waals surface area contributed by atoms with Crippen molar-refractivity contribution in [3.63, 3.8) is 0 Å². The van der Waals surface area contributed by atoms with Gasteiger partial charge in [0.25, 0.3) is 0 Å². The molecule has 0 aromatic heterocycles. The predicted molar refractivity (Wildman–Crippen MR) is 95.9 cm³/mol. The largest absolute Gasteiger partial charge is 0.485 e. The average molecular weight is 309 g/mol. The highest BCUT2D eigenvalue weighted by Gasteiger charge is 2.17. The van der Waals surface area contributed by atoms with Crippen LogP contribution in [0.4, 0.5) is 0 Å². The second-order valence-corrected chi connectivity index (χ2v) is 6.47. The van der Waals surface area contributed by atoms with Crippen molar-refractivity contribution in [2.45, 2.75) is 38.7 Å². The number of ether oxygens (including phenoxy) is 1. The lowest BCUT2D eigenvalue weighted by Crippen LogP contribution is -2.31.